The molecule has 0 aromatic heterocycles. The number of benzene rings is 2. The molecule has 1 heterocycles. The number of sulfonamides is 1. The van der Waals surface area contributed by atoms with Crippen LogP contribution in [-0.4, -0.2) is 42.0 Å². The molecular weight excluding hydrogens is 342 g/mol. The second kappa shape index (κ2) is 6.95. The summed E-state index contributed by atoms with van der Waals surface area (Å²) in [5, 5.41) is 18.5. The van der Waals surface area contributed by atoms with E-state index < -0.39 is 16.0 Å². The highest BCUT2D eigenvalue weighted by atomic mass is 32.2. The Morgan fingerprint density at radius 3 is 2.20 bits per heavy atom. The van der Waals surface area contributed by atoms with Gasteiger partial charge in [-0.15, -0.1) is 0 Å². The van der Waals surface area contributed by atoms with Crippen molar-refractivity contribution in [3.8, 4) is 11.1 Å². The lowest BCUT2D eigenvalue weighted by atomic mass is 10.0. The molecule has 0 radical (unpaired) electrons. The molecule has 0 unspecified atom stereocenters. The molecule has 0 aliphatic carbocycles. The van der Waals surface area contributed by atoms with Gasteiger partial charge in [-0.3, -0.25) is 0 Å². The minimum Gasteiger partial charge on any atom is -0.478 e. The van der Waals surface area contributed by atoms with E-state index in [0.717, 1.165) is 18.4 Å². The standard InChI is InChI=1S/C18H19NO5S/c20-12-13-3-5-14(6-4-13)15-9-16(18(21)22)11-17(10-15)25(23,24)19-7-1-2-8-19/h3-6,9-11,20H,1-2,7-8,12H2,(H,21,22). The van der Waals surface area contributed by atoms with Crippen LogP contribution in [0.15, 0.2) is 47.4 Å². The summed E-state index contributed by atoms with van der Waals surface area (Å²) < 4.78 is 27.0. The van der Waals surface area contributed by atoms with E-state index in [0.29, 0.717) is 24.2 Å². The average molecular weight is 361 g/mol. The van der Waals surface area contributed by atoms with E-state index >= 15 is 0 Å². The number of aliphatic hydroxyl groups excluding tert-OH is 1. The van der Waals surface area contributed by atoms with Crippen molar-refractivity contribution in [2.24, 2.45) is 0 Å². The van der Waals surface area contributed by atoms with Gasteiger partial charge in [0.1, 0.15) is 0 Å². The zero-order valence-corrected chi connectivity index (χ0v) is 14.4. The second-order valence-electron chi connectivity index (χ2n) is 6.02. The van der Waals surface area contributed by atoms with Gasteiger partial charge in [0.05, 0.1) is 17.1 Å². The topological polar surface area (TPSA) is 94.9 Å². The minimum absolute atomic E-state index is 0.00413. The summed E-state index contributed by atoms with van der Waals surface area (Å²) in [5.41, 5.74) is 1.87. The van der Waals surface area contributed by atoms with Crippen LogP contribution in [0.1, 0.15) is 28.8 Å². The average Bonchev–Trinajstić information content (AvgIpc) is 3.17. The molecule has 2 aromatic rings. The van der Waals surface area contributed by atoms with Crippen LogP contribution in [0, 0.1) is 0 Å². The fourth-order valence-electron chi connectivity index (χ4n) is 2.92. The van der Waals surface area contributed by atoms with Crippen LogP contribution in [0.2, 0.25) is 0 Å². The lowest BCUT2D eigenvalue weighted by molar-refractivity contribution is 0.0696. The molecule has 0 spiro atoms. The van der Waals surface area contributed by atoms with Crippen LogP contribution in [-0.2, 0) is 16.6 Å². The van der Waals surface area contributed by atoms with Gasteiger partial charge >= 0.3 is 5.97 Å². The Kier molecular flexibility index (Phi) is 4.89. The van der Waals surface area contributed by atoms with Crippen LogP contribution in [0.5, 0.6) is 0 Å². The molecule has 3 rings (SSSR count). The van der Waals surface area contributed by atoms with Gasteiger partial charge in [-0.2, -0.15) is 4.31 Å². The fraction of sp³-hybridized carbons (Fsp3) is 0.278. The number of aliphatic hydroxyl groups is 1. The molecule has 132 valence electrons. The second-order valence-corrected chi connectivity index (χ2v) is 7.96. The highest BCUT2D eigenvalue weighted by Crippen LogP contribution is 2.28. The molecule has 2 N–H and O–H groups in total. The largest absolute Gasteiger partial charge is 0.478 e. The van der Waals surface area contributed by atoms with Gasteiger partial charge in [0.2, 0.25) is 10.0 Å². The lowest BCUT2D eigenvalue weighted by Crippen LogP contribution is -2.28. The molecule has 0 atom stereocenters. The number of aromatic carboxylic acids is 1. The van der Waals surface area contributed by atoms with Crippen molar-refractivity contribution in [1.29, 1.82) is 0 Å². The molecule has 0 amide bonds. The summed E-state index contributed by atoms with van der Waals surface area (Å²) in [4.78, 5) is 11.4. The van der Waals surface area contributed by atoms with Crippen molar-refractivity contribution in [3.63, 3.8) is 0 Å². The Hall–Kier alpha value is -2.22. The van der Waals surface area contributed by atoms with Gasteiger partial charge in [0, 0.05) is 13.1 Å². The van der Waals surface area contributed by atoms with E-state index in [4.69, 9.17) is 5.11 Å². The molecule has 1 aliphatic rings. The van der Waals surface area contributed by atoms with Crippen LogP contribution in [0.3, 0.4) is 0 Å². The maximum atomic E-state index is 12.8. The third-order valence-corrected chi connectivity index (χ3v) is 6.20. The molecule has 7 heteroatoms. The van der Waals surface area contributed by atoms with E-state index in [1.165, 1.54) is 22.5 Å². The van der Waals surface area contributed by atoms with Crippen molar-refractivity contribution in [2.75, 3.05) is 13.1 Å². The van der Waals surface area contributed by atoms with Crippen molar-refractivity contribution >= 4 is 16.0 Å². The smallest absolute Gasteiger partial charge is 0.335 e. The van der Waals surface area contributed by atoms with Gasteiger partial charge in [-0.25, -0.2) is 13.2 Å². The quantitative estimate of drug-likeness (QED) is 0.852. The molecule has 25 heavy (non-hydrogen) atoms. The number of carboxylic acids is 1. The first-order valence-corrected chi connectivity index (χ1v) is 9.44. The Balaban J connectivity index is 2.10. The Bertz CT molecular complexity index is 884. The Morgan fingerprint density at radius 2 is 1.64 bits per heavy atom. The summed E-state index contributed by atoms with van der Waals surface area (Å²) in [6.07, 6.45) is 1.63. The predicted octanol–water partition coefficient (Wildman–Crippen LogP) is 2.33. The fourth-order valence-corrected chi connectivity index (χ4v) is 4.51. The van der Waals surface area contributed by atoms with E-state index in [-0.39, 0.29) is 17.1 Å². The zero-order valence-electron chi connectivity index (χ0n) is 13.6. The third-order valence-electron chi connectivity index (χ3n) is 4.33. The van der Waals surface area contributed by atoms with Gasteiger partial charge in [0.15, 0.2) is 0 Å². The molecule has 1 saturated heterocycles. The van der Waals surface area contributed by atoms with Gasteiger partial charge in [0.25, 0.3) is 0 Å². The number of hydrogen-bond acceptors (Lipinski definition) is 4. The minimum atomic E-state index is -3.71. The van der Waals surface area contributed by atoms with Crippen LogP contribution in [0.25, 0.3) is 11.1 Å². The van der Waals surface area contributed by atoms with Gasteiger partial charge in [-0.1, -0.05) is 24.3 Å². The van der Waals surface area contributed by atoms with E-state index in [1.807, 2.05) is 0 Å². The number of nitrogens with zero attached hydrogens (tertiary/aromatic N) is 1. The first-order chi connectivity index (χ1) is 11.9. The maximum absolute atomic E-state index is 12.8. The number of carbonyl (C=O) groups is 1. The summed E-state index contributed by atoms with van der Waals surface area (Å²) in [6.45, 7) is 0.824. The highest BCUT2D eigenvalue weighted by molar-refractivity contribution is 7.89. The first kappa shape index (κ1) is 17.6. The summed E-state index contributed by atoms with van der Waals surface area (Å²) in [5.74, 6) is -1.17. The van der Waals surface area contributed by atoms with E-state index in [2.05, 4.69) is 0 Å². The first-order valence-electron chi connectivity index (χ1n) is 8.00. The van der Waals surface area contributed by atoms with E-state index in [1.54, 1.807) is 24.3 Å². The molecule has 0 bridgehead atoms. The number of hydrogen-bond donors (Lipinski definition) is 2. The SMILES string of the molecule is O=C(O)c1cc(-c2ccc(CO)cc2)cc(S(=O)(=O)N2CCCC2)c1. The molecule has 1 fully saturated rings. The Labute approximate surface area is 146 Å². The molecule has 6 nitrogen and oxygen atoms in total. The monoisotopic (exact) mass is 361 g/mol. The molecule has 2 aromatic carbocycles. The highest BCUT2D eigenvalue weighted by Gasteiger charge is 2.28. The van der Waals surface area contributed by atoms with E-state index in [9.17, 15) is 18.3 Å². The van der Waals surface area contributed by atoms with Crippen molar-refractivity contribution in [1.82, 2.24) is 4.31 Å². The van der Waals surface area contributed by atoms with Crippen LogP contribution in [0.4, 0.5) is 0 Å². The predicted molar refractivity (Wildman–Crippen MR) is 92.8 cm³/mol. The lowest BCUT2D eigenvalue weighted by Gasteiger charge is -2.17. The summed E-state index contributed by atoms with van der Waals surface area (Å²) >= 11 is 0. The summed E-state index contributed by atoms with van der Waals surface area (Å²) in [7, 11) is -3.71. The van der Waals surface area contributed by atoms with Crippen molar-refractivity contribution in [3.05, 3.63) is 53.6 Å². The van der Waals surface area contributed by atoms with Gasteiger partial charge in [-0.05, 0) is 47.7 Å². The molecule has 1 aliphatic heterocycles. The van der Waals surface area contributed by atoms with Crippen LogP contribution < -0.4 is 0 Å². The van der Waals surface area contributed by atoms with Crippen molar-refractivity contribution < 1.29 is 23.4 Å². The molecule has 0 saturated carbocycles. The van der Waals surface area contributed by atoms with Gasteiger partial charge < -0.3 is 10.2 Å². The number of carboxylic acid groups (broad SMARTS) is 1. The molecular formula is C18H19NO5S. The normalized spacial score (nSPS) is 15.4. The third kappa shape index (κ3) is 3.58. The zero-order chi connectivity index (χ0) is 18.0. The maximum Gasteiger partial charge on any atom is 0.335 e. The number of rotatable bonds is 5. The Morgan fingerprint density at radius 1 is 1.00 bits per heavy atom. The summed E-state index contributed by atoms with van der Waals surface area (Å²) in [6, 6.07) is 11.1. The van der Waals surface area contributed by atoms with Crippen LogP contribution >= 0.6 is 0 Å². The van der Waals surface area contributed by atoms with Crippen molar-refractivity contribution in [2.45, 2.75) is 24.3 Å².